The van der Waals surface area contributed by atoms with E-state index in [1.807, 2.05) is 43.9 Å². The molecule has 0 radical (unpaired) electrons. The van der Waals surface area contributed by atoms with Crippen molar-refractivity contribution in [3.8, 4) is 5.82 Å². The number of aryl methyl sites for hydroxylation is 2. The molecule has 1 fully saturated rings. The highest BCUT2D eigenvalue weighted by molar-refractivity contribution is 5.83. The zero-order valence-electron chi connectivity index (χ0n) is 22.4. The van der Waals surface area contributed by atoms with E-state index in [4.69, 9.17) is 20.4 Å². The van der Waals surface area contributed by atoms with Gasteiger partial charge in [0.1, 0.15) is 17.2 Å². The third kappa shape index (κ3) is 5.24. The zero-order valence-corrected chi connectivity index (χ0v) is 22.4. The highest BCUT2D eigenvalue weighted by Gasteiger charge is 2.41. The van der Waals surface area contributed by atoms with E-state index in [-0.39, 0.29) is 12.0 Å². The number of ether oxygens (including phenoxy) is 1. The lowest BCUT2D eigenvalue weighted by molar-refractivity contribution is -0.144. The fourth-order valence-electron chi connectivity index (χ4n) is 5.17. The van der Waals surface area contributed by atoms with Crippen molar-refractivity contribution >= 4 is 17.5 Å². The summed E-state index contributed by atoms with van der Waals surface area (Å²) in [4.78, 5) is 28.3. The summed E-state index contributed by atoms with van der Waals surface area (Å²) in [5.41, 5.74) is 7.36. The predicted octanol–water partition coefficient (Wildman–Crippen LogP) is 3.96. The van der Waals surface area contributed by atoms with Gasteiger partial charge >= 0.3 is 0 Å². The van der Waals surface area contributed by atoms with Crippen LogP contribution in [-0.4, -0.2) is 53.5 Å². The number of carbonyl (C=O) groups is 1. The number of primary amides is 1. The number of halogens is 1. The van der Waals surface area contributed by atoms with Crippen LogP contribution in [0.4, 0.5) is 16.0 Å². The summed E-state index contributed by atoms with van der Waals surface area (Å²) in [6.07, 6.45) is 6.59. The van der Waals surface area contributed by atoms with Crippen molar-refractivity contribution in [2.24, 2.45) is 5.73 Å². The second-order valence-electron chi connectivity index (χ2n) is 10.1. The van der Waals surface area contributed by atoms with E-state index in [1.54, 1.807) is 12.3 Å². The molecule has 204 valence electrons. The molecule has 0 aromatic carbocycles. The average molecular weight is 534 g/mol. The Morgan fingerprint density at radius 1 is 1.21 bits per heavy atom. The molecule has 0 bridgehead atoms. The van der Waals surface area contributed by atoms with Crippen molar-refractivity contribution in [2.45, 2.75) is 64.0 Å². The molecule has 0 unspecified atom stereocenters. The lowest BCUT2D eigenvalue weighted by Crippen LogP contribution is -2.48. The quantitative estimate of drug-likeness (QED) is 0.347. The fraction of sp³-hybridized carbons (Fsp3) is 0.407. The number of anilines is 2. The van der Waals surface area contributed by atoms with Gasteiger partial charge < -0.3 is 15.4 Å². The number of nitrogens with two attached hydrogens (primary N) is 1. The standard InChI is InChI=1S/C27H32FN9O2/c1-16-11-23(33-25(32-16)19-7-9-27(39-4,10-8-19)26(29)38)37(24-12-17(2)34-35-24)18(3)20-5-6-22(30-13-20)36-15-21(28)14-31-36/h5-6,11-15,18-19H,7-10H2,1-4H3,(H2,29,38)(H,34,35)/t18-,19?,27?/m0/s1. The number of aromatic amines is 1. The molecule has 0 spiro atoms. The number of pyridine rings is 1. The van der Waals surface area contributed by atoms with Crippen LogP contribution in [0, 0.1) is 19.7 Å². The minimum Gasteiger partial charge on any atom is -0.368 e. The van der Waals surface area contributed by atoms with Gasteiger partial charge in [0.15, 0.2) is 17.5 Å². The highest BCUT2D eigenvalue weighted by atomic mass is 19.1. The Balaban J connectivity index is 1.47. The van der Waals surface area contributed by atoms with Gasteiger partial charge in [0, 0.05) is 42.7 Å². The van der Waals surface area contributed by atoms with Gasteiger partial charge in [0.2, 0.25) is 5.91 Å². The number of nitrogens with zero attached hydrogens (tertiary/aromatic N) is 7. The first-order valence-electron chi connectivity index (χ1n) is 12.9. The van der Waals surface area contributed by atoms with Crippen molar-refractivity contribution < 1.29 is 13.9 Å². The third-order valence-corrected chi connectivity index (χ3v) is 7.47. The Hall–Kier alpha value is -4.19. The first kappa shape index (κ1) is 26.4. The number of hydrogen-bond acceptors (Lipinski definition) is 8. The largest absolute Gasteiger partial charge is 0.368 e. The molecule has 1 aliphatic carbocycles. The van der Waals surface area contributed by atoms with Crippen LogP contribution in [0.5, 0.6) is 0 Å². The molecular weight excluding hydrogens is 501 g/mol. The second kappa shape index (κ2) is 10.5. The normalized spacial score (nSPS) is 20.1. The van der Waals surface area contributed by atoms with Gasteiger partial charge in [-0.2, -0.15) is 10.2 Å². The van der Waals surface area contributed by atoms with Crippen LogP contribution in [0.1, 0.15) is 67.3 Å². The van der Waals surface area contributed by atoms with Crippen LogP contribution in [-0.2, 0) is 9.53 Å². The molecule has 5 rings (SSSR count). The van der Waals surface area contributed by atoms with Crippen molar-refractivity contribution in [2.75, 3.05) is 12.0 Å². The lowest BCUT2D eigenvalue weighted by atomic mass is 9.78. The average Bonchev–Trinajstić information content (AvgIpc) is 3.56. The molecule has 0 aliphatic heterocycles. The Morgan fingerprint density at radius 3 is 2.54 bits per heavy atom. The maximum atomic E-state index is 13.4. The van der Waals surface area contributed by atoms with E-state index in [0.29, 0.717) is 43.1 Å². The molecule has 1 amide bonds. The van der Waals surface area contributed by atoms with E-state index in [9.17, 15) is 9.18 Å². The van der Waals surface area contributed by atoms with Gasteiger partial charge in [-0.3, -0.25) is 9.89 Å². The Bertz CT molecular complexity index is 1460. The SMILES string of the molecule is COC1(C(N)=O)CCC(c2nc(C)cc(N(c3cc(C)[nH]n3)[C@@H](C)c3ccc(-n4cc(F)cn4)nc3)n2)CC1. The molecular formula is C27H32FN9O2. The van der Waals surface area contributed by atoms with Gasteiger partial charge in [0.25, 0.3) is 0 Å². The van der Waals surface area contributed by atoms with Crippen molar-refractivity contribution in [3.63, 3.8) is 0 Å². The van der Waals surface area contributed by atoms with E-state index < -0.39 is 17.3 Å². The molecule has 4 aromatic rings. The lowest BCUT2D eigenvalue weighted by Gasteiger charge is -2.36. The monoisotopic (exact) mass is 533 g/mol. The zero-order chi connectivity index (χ0) is 27.7. The molecule has 1 atom stereocenters. The maximum absolute atomic E-state index is 13.4. The molecule has 4 aromatic heterocycles. The molecule has 12 heteroatoms. The first-order valence-corrected chi connectivity index (χ1v) is 12.9. The summed E-state index contributed by atoms with van der Waals surface area (Å²) in [5.74, 6) is 1.85. The third-order valence-electron chi connectivity index (χ3n) is 7.47. The molecule has 3 N–H and O–H groups in total. The second-order valence-corrected chi connectivity index (χ2v) is 10.1. The maximum Gasteiger partial charge on any atom is 0.249 e. The summed E-state index contributed by atoms with van der Waals surface area (Å²) in [7, 11) is 1.53. The highest BCUT2D eigenvalue weighted by Crippen LogP contribution is 2.40. The van der Waals surface area contributed by atoms with Gasteiger partial charge in [-0.1, -0.05) is 6.07 Å². The van der Waals surface area contributed by atoms with Crippen LogP contribution in [0.3, 0.4) is 0 Å². The van der Waals surface area contributed by atoms with Crippen LogP contribution >= 0.6 is 0 Å². The number of amides is 1. The van der Waals surface area contributed by atoms with Crippen molar-refractivity contribution in [1.29, 1.82) is 0 Å². The van der Waals surface area contributed by atoms with E-state index >= 15 is 0 Å². The summed E-state index contributed by atoms with van der Waals surface area (Å²) in [6, 6.07) is 7.43. The number of H-pyrrole nitrogens is 1. The van der Waals surface area contributed by atoms with E-state index in [1.165, 1.54) is 18.0 Å². The molecule has 39 heavy (non-hydrogen) atoms. The minimum absolute atomic E-state index is 0.0692. The van der Waals surface area contributed by atoms with Gasteiger partial charge in [0.05, 0.1) is 18.4 Å². The number of aromatic nitrogens is 7. The Kier molecular flexibility index (Phi) is 7.13. The topological polar surface area (TPSA) is 141 Å². The number of methoxy groups -OCH3 is 1. The Labute approximate surface area is 225 Å². The molecule has 0 saturated heterocycles. The summed E-state index contributed by atoms with van der Waals surface area (Å²) in [6.45, 7) is 5.93. The molecule has 11 nitrogen and oxygen atoms in total. The fourth-order valence-corrected chi connectivity index (χ4v) is 5.17. The molecule has 1 aliphatic rings. The van der Waals surface area contributed by atoms with Gasteiger partial charge in [-0.25, -0.2) is 24.0 Å². The predicted molar refractivity (Wildman–Crippen MR) is 142 cm³/mol. The number of rotatable bonds is 8. The van der Waals surface area contributed by atoms with Crippen LogP contribution in [0.15, 0.2) is 42.9 Å². The van der Waals surface area contributed by atoms with Gasteiger partial charge in [-0.05, 0) is 58.1 Å². The Morgan fingerprint density at radius 2 is 1.97 bits per heavy atom. The van der Waals surface area contributed by atoms with Crippen molar-refractivity contribution in [3.05, 3.63) is 71.4 Å². The number of hydrogen-bond donors (Lipinski definition) is 2. The van der Waals surface area contributed by atoms with Gasteiger partial charge in [-0.15, -0.1) is 0 Å². The summed E-state index contributed by atoms with van der Waals surface area (Å²) < 4.78 is 20.3. The number of carbonyl (C=O) groups excluding carboxylic acids is 1. The van der Waals surface area contributed by atoms with Crippen LogP contribution in [0.25, 0.3) is 5.82 Å². The first-order chi connectivity index (χ1) is 18.7. The van der Waals surface area contributed by atoms with E-state index in [2.05, 4.69) is 20.3 Å². The van der Waals surface area contributed by atoms with Crippen LogP contribution < -0.4 is 10.6 Å². The molecule has 4 heterocycles. The molecule has 1 saturated carbocycles. The minimum atomic E-state index is -0.933. The van der Waals surface area contributed by atoms with E-state index in [0.717, 1.165) is 29.0 Å². The van der Waals surface area contributed by atoms with Crippen molar-refractivity contribution in [1.82, 2.24) is 34.9 Å². The van der Waals surface area contributed by atoms with Crippen LogP contribution in [0.2, 0.25) is 0 Å². The smallest absolute Gasteiger partial charge is 0.249 e. The number of nitrogens with one attached hydrogen (secondary N) is 1. The summed E-state index contributed by atoms with van der Waals surface area (Å²) in [5, 5.41) is 11.5. The summed E-state index contributed by atoms with van der Waals surface area (Å²) >= 11 is 0.